The Hall–Kier alpha value is -1.31. The first kappa shape index (κ1) is 12.8. The van der Waals surface area contributed by atoms with Crippen LogP contribution in [-0.4, -0.2) is 26.0 Å². The zero-order valence-electron chi connectivity index (χ0n) is 8.09. The van der Waals surface area contributed by atoms with Gasteiger partial charge in [0.15, 0.2) is 5.84 Å². The van der Waals surface area contributed by atoms with Gasteiger partial charge in [-0.05, 0) is 18.2 Å². The summed E-state index contributed by atoms with van der Waals surface area (Å²) in [5.41, 5.74) is 5.14. The Balaban J connectivity index is 2.87. The second kappa shape index (κ2) is 5.15. The summed E-state index contributed by atoms with van der Waals surface area (Å²) >= 11 is 5.66. The maximum absolute atomic E-state index is 11.6. The van der Waals surface area contributed by atoms with Crippen LogP contribution < -0.4 is 10.5 Å². The van der Waals surface area contributed by atoms with Crippen molar-refractivity contribution in [2.45, 2.75) is 4.90 Å². The van der Waals surface area contributed by atoms with Crippen LogP contribution in [0.25, 0.3) is 0 Å². The molecule has 0 aliphatic carbocycles. The van der Waals surface area contributed by atoms with Crippen molar-refractivity contribution >= 4 is 27.5 Å². The number of nitrogens with zero attached hydrogens (tertiary/aromatic N) is 1. The molecule has 0 amide bonds. The molecular formula is C8H10ClN3O3S. The summed E-state index contributed by atoms with van der Waals surface area (Å²) in [6.07, 6.45) is 0. The zero-order valence-corrected chi connectivity index (χ0v) is 9.66. The van der Waals surface area contributed by atoms with E-state index < -0.39 is 10.0 Å². The molecule has 0 saturated heterocycles. The monoisotopic (exact) mass is 263 g/mol. The lowest BCUT2D eigenvalue weighted by atomic mass is 10.4. The van der Waals surface area contributed by atoms with Gasteiger partial charge in [0.2, 0.25) is 10.0 Å². The molecule has 0 heterocycles. The number of halogens is 1. The second-order valence-electron chi connectivity index (χ2n) is 2.87. The Labute approximate surface area is 97.8 Å². The molecule has 0 fully saturated rings. The minimum absolute atomic E-state index is 0.0192. The van der Waals surface area contributed by atoms with Crippen molar-refractivity contribution < 1.29 is 13.6 Å². The van der Waals surface area contributed by atoms with Gasteiger partial charge in [0.05, 0.1) is 11.4 Å². The maximum atomic E-state index is 11.6. The summed E-state index contributed by atoms with van der Waals surface area (Å²) in [5.74, 6) is -0.231. The van der Waals surface area contributed by atoms with Crippen molar-refractivity contribution in [3.8, 4) is 0 Å². The third-order valence-electron chi connectivity index (χ3n) is 1.68. The van der Waals surface area contributed by atoms with Gasteiger partial charge < -0.3 is 10.9 Å². The van der Waals surface area contributed by atoms with Crippen molar-refractivity contribution in [2.24, 2.45) is 10.9 Å². The van der Waals surface area contributed by atoms with Crippen LogP contribution in [0.2, 0.25) is 5.02 Å². The first-order chi connectivity index (χ1) is 7.45. The lowest BCUT2D eigenvalue weighted by Crippen LogP contribution is -2.33. The van der Waals surface area contributed by atoms with Gasteiger partial charge >= 0.3 is 0 Å². The molecular weight excluding hydrogens is 254 g/mol. The van der Waals surface area contributed by atoms with Gasteiger partial charge in [-0.25, -0.2) is 13.1 Å². The fraction of sp³-hybridized carbons (Fsp3) is 0.125. The Morgan fingerprint density at radius 2 is 2.25 bits per heavy atom. The first-order valence-corrected chi connectivity index (χ1v) is 6.03. The minimum Gasteiger partial charge on any atom is -0.409 e. The quantitative estimate of drug-likeness (QED) is 0.316. The SMILES string of the molecule is N/C(CNS(=O)(=O)c1cccc(Cl)c1)=N\O. The fourth-order valence-electron chi connectivity index (χ4n) is 0.922. The lowest BCUT2D eigenvalue weighted by Gasteiger charge is -2.05. The molecule has 0 aromatic heterocycles. The highest BCUT2D eigenvalue weighted by molar-refractivity contribution is 7.89. The van der Waals surface area contributed by atoms with Gasteiger partial charge in [-0.3, -0.25) is 0 Å². The fourth-order valence-corrected chi connectivity index (χ4v) is 2.22. The number of nitrogens with one attached hydrogen (secondary N) is 1. The van der Waals surface area contributed by atoms with Crippen molar-refractivity contribution in [3.05, 3.63) is 29.3 Å². The molecule has 6 nitrogen and oxygen atoms in total. The van der Waals surface area contributed by atoms with E-state index in [9.17, 15) is 8.42 Å². The number of hydrogen-bond donors (Lipinski definition) is 3. The average molecular weight is 264 g/mol. The van der Waals surface area contributed by atoms with E-state index in [1.807, 2.05) is 0 Å². The topological polar surface area (TPSA) is 105 Å². The summed E-state index contributed by atoms with van der Waals surface area (Å²) in [4.78, 5) is 0.0192. The maximum Gasteiger partial charge on any atom is 0.241 e. The highest BCUT2D eigenvalue weighted by Gasteiger charge is 2.14. The number of sulfonamides is 1. The molecule has 1 aromatic carbocycles. The summed E-state index contributed by atoms with van der Waals surface area (Å²) in [6, 6.07) is 5.77. The van der Waals surface area contributed by atoms with Crippen LogP contribution in [0.3, 0.4) is 0 Å². The number of nitrogens with two attached hydrogens (primary N) is 1. The lowest BCUT2D eigenvalue weighted by molar-refractivity contribution is 0.317. The summed E-state index contributed by atoms with van der Waals surface area (Å²) in [7, 11) is -3.69. The Bertz CT molecular complexity index is 501. The Morgan fingerprint density at radius 3 is 2.81 bits per heavy atom. The molecule has 0 saturated carbocycles. The molecule has 16 heavy (non-hydrogen) atoms. The number of amidine groups is 1. The van der Waals surface area contributed by atoms with Crippen LogP contribution in [0.1, 0.15) is 0 Å². The van der Waals surface area contributed by atoms with E-state index in [4.69, 9.17) is 22.5 Å². The highest BCUT2D eigenvalue weighted by atomic mass is 35.5. The predicted octanol–water partition coefficient (Wildman–Crippen LogP) is 0.365. The van der Waals surface area contributed by atoms with Gasteiger partial charge in [-0.15, -0.1) is 0 Å². The largest absolute Gasteiger partial charge is 0.409 e. The summed E-state index contributed by atoms with van der Waals surface area (Å²) in [6.45, 7) is -0.272. The van der Waals surface area contributed by atoms with E-state index in [1.54, 1.807) is 6.07 Å². The number of oxime groups is 1. The zero-order chi connectivity index (χ0) is 12.2. The van der Waals surface area contributed by atoms with Crippen LogP contribution in [0.4, 0.5) is 0 Å². The minimum atomic E-state index is -3.69. The number of hydrogen-bond acceptors (Lipinski definition) is 4. The second-order valence-corrected chi connectivity index (χ2v) is 5.08. The molecule has 0 atom stereocenters. The molecule has 0 bridgehead atoms. The van der Waals surface area contributed by atoms with Crippen molar-refractivity contribution in [1.82, 2.24) is 4.72 Å². The highest BCUT2D eigenvalue weighted by Crippen LogP contribution is 2.14. The molecule has 0 spiro atoms. The molecule has 0 aliphatic rings. The van der Waals surface area contributed by atoms with Gasteiger partial charge in [-0.2, -0.15) is 0 Å². The Kier molecular flexibility index (Phi) is 4.11. The van der Waals surface area contributed by atoms with E-state index in [1.165, 1.54) is 18.2 Å². The van der Waals surface area contributed by atoms with E-state index >= 15 is 0 Å². The third kappa shape index (κ3) is 3.37. The Morgan fingerprint density at radius 1 is 1.56 bits per heavy atom. The molecule has 88 valence electrons. The van der Waals surface area contributed by atoms with Crippen molar-refractivity contribution in [1.29, 1.82) is 0 Å². The molecule has 1 rings (SSSR count). The third-order valence-corrected chi connectivity index (χ3v) is 3.31. The van der Waals surface area contributed by atoms with E-state index in [0.29, 0.717) is 5.02 Å². The summed E-state index contributed by atoms with van der Waals surface area (Å²) < 4.78 is 25.4. The molecule has 0 radical (unpaired) electrons. The van der Waals surface area contributed by atoms with Crippen LogP contribution in [0.15, 0.2) is 34.3 Å². The van der Waals surface area contributed by atoms with Crippen LogP contribution in [0.5, 0.6) is 0 Å². The average Bonchev–Trinajstić information content (AvgIpc) is 2.26. The van der Waals surface area contributed by atoms with Crippen LogP contribution >= 0.6 is 11.6 Å². The number of rotatable bonds is 4. The summed E-state index contributed by atoms with van der Waals surface area (Å²) in [5, 5.41) is 11.2. The van der Waals surface area contributed by atoms with Gasteiger partial charge in [0.1, 0.15) is 0 Å². The smallest absolute Gasteiger partial charge is 0.241 e. The van der Waals surface area contributed by atoms with E-state index in [-0.39, 0.29) is 17.3 Å². The van der Waals surface area contributed by atoms with E-state index in [2.05, 4.69) is 9.88 Å². The number of benzene rings is 1. The molecule has 1 aromatic rings. The van der Waals surface area contributed by atoms with E-state index in [0.717, 1.165) is 0 Å². The molecule has 8 heteroatoms. The molecule has 4 N–H and O–H groups in total. The van der Waals surface area contributed by atoms with Gasteiger partial charge in [0, 0.05) is 5.02 Å². The standard InChI is InChI=1S/C8H10ClN3O3S/c9-6-2-1-3-7(4-6)16(14,15)11-5-8(10)12-13/h1-4,11,13H,5H2,(H2,10,12). The van der Waals surface area contributed by atoms with Crippen LogP contribution in [-0.2, 0) is 10.0 Å². The van der Waals surface area contributed by atoms with Crippen LogP contribution in [0, 0.1) is 0 Å². The van der Waals surface area contributed by atoms with Gasteiger partial charge in [0.25, 0.3) is 0 Å². The predicted molar refractivity (Wildman–Crippen MR) is 60.0 cm³/mol. The first-order valence-electron chi connectivity index (χ1n) is 4.17. The molecule has 0 unspecified atom stereocenters. The normalized spacial score (nSPS) is 12.7. The van der Waals surface area contributed by atoms with Crippen molar-refractivity contribution in [2.75, 3.05) is 6.54 Å². The van der Waals surface area contributed by atoms with Crippen molar-refractivity contribution in [3.63, 3.8) is 0 Å². The molecule has 0 aliphatic heterocycles. The van der Waals surface area contributed by atoms with Gasteiger partial charge in [-0.1, -0.05) is 22.8 Å².